The predicted octanol–water partition coefficient (Wildman–Crippen LogP) is 4.71. The maximum atomic E-state index is 12.3. The molecular weight excluding hydrogens is 506 g/mol. The number of fused-ring (bicyclic) bond motifs is 1. The highest BCUT2D eigenvalue weighted by Crippen LogP contribution is 2.38. The van der Waals surface area contributed by atoms with E-state index in [-0.39, 0.29) is 11.7 Å². The van der Waals surface area contributed by atoms with Gasteiger partial charge in [-0.3, -0.25) is 9.59 Å². The Kier molecular flexibility index (Phi) is 8.49. The van der Waals surface area contributed by atoms with E-state index >= 15 is 0 Å². The molecule has 10 nitrogen and oxygen atoms in total. The monoisotopic (exact) mass is 541 g/mol. The first kappa shape index (κ1) is 28.3. The first-order chi connectivity index (χ1) is 19.1. The average Bonchev–Trinajstić information content (AvgIpc) is 3.31. The Morgan fingerprint density at radius 3 is 2.55 bits per heavy atom. The Balaban J connectivity index is 1.75. The Hall–Kier alpha value is -4.70. The van der Waals surface area contributed by atoms with E-state index in [0.29, 0.717) is 34.3 Å². The fourth-order valence-electron chi connectivity index (χ4n) is 4.38. The fourth-order valence-corrected chi connectivity index (χ4v) is 4.38. The molecule has 2 N–H and O–H groups in total. The first-order valence-corrected chi connectivity index (χ1v) is 12.8. The van der Waals surface area contributed by atoms with Crippen LogP contribution in [0.1, 0.15) is 17.3 Å². The van der Waals surface area contributed by atoms with Crippen LogP contribution in [0, 0.1) is 0 Å². The van der Waals surface area contributed by atoms with Crippen molar-refractivity contribution in [3.63, 3.8) is 0 Å². The molecule has 1 amide bonds. The highest BCUT2D eigenvalue weighted by molar-refractivity contribution is 6.04. The van der Waals surface area contributed by atoms with Crippen molar-refractivity contribution in [1.29, 1.82) is 0 Å². The number of aryl methyl sites for hydroxylation is 1. The number of likely N-dealkylation sites (N-methyl/N-ethyl adjacent to an activating group) is 2. The van der Waals surface area contributed by atoms with Crippen molar-refractivity contribution in [2.45, 2.75) is 6.92 Å². The Morgan fingerprint density at radius 2 is 1.88 bits per heavy atom. The number of nitrogens with one attached hydrogen (secondary N) is 2. The lowest BCUT2D eigenvalue weighted by Gasteiger charge is -2.26. The van der Waals surface area contributed by atoms with Gasteiger partial charge in [-0.2, -0.15) is 0 Å². The van der Waals surface area contributed by atoms with Crippen LogP contribution in [0.25, 0.3) is 22.2 Å². The maximum absolute atomic E-state index is 12.3. The molecule has 0 fully saturated rings. The summed E-state index contributed by atoms with van der Waals surface area (Å²) in [6, 6.07) is 11.2. The second-order valence-electron chi connectivity index (χ2n) is 9.82. The second-order valence-corrected chi connectivity index (χ2v) is 9.82. The molecule has 0 atom stereocenters. The van der Waals surface area contributed by atoms with E-state index in [1.165, 1.54) is 6.08 Å². The van der Waals surface area contributed by atoms with E-state index in [4.69, 9.17) is 9.72 Å². The Morgan fingerprint density at radius 1 is 1.10 bits per heavy atom. The lowest BCUT2D eigenvalue weighted by Crippen LogP contribution is -2.29. The van der Waals surface area contributed by atoms with E-state index in [2.05, 4.69) is 32.0 Å². The molecule has 4 aromatic rings. The first-order valence-electron chi connectivity index (χ1n) is 12.8. The summed E-state index contributed by atoms with van der Waals surface area (Å²) in [7, 11) is 9.51. The van der Waals surface area contributed by atoms with E-state index in [0.717, 1.165) is 35.2 Å². The van der Waals surface area contributed by atoms with E-state index < -0.39 is 0 Å². The number of hydrogen-bond acceptors (Lipinski definition) is 8. The standard InChI is InChI=1S/C30H35N7O3/c1-8-29(39)32-24-17-25(28(40-7)18-27(24)37(6)14-13-35(3)4)34-30-31-11-9-23(33-30)22-15-20(19(2)38)16-26-21(22)10-12-36(26)5/h8-12,15-18H,1,13-14H2,2-7H3,(H,32,39)(H,31,33,34). The van der Waals surface area contributed by atoms with Crippen LogP contribution in [0.2, 0.25) is 0 Å². The number of Topliss-reactive ketones (excluding diaryl/α,β-unsaturated/α-hetero) is 1. The van der Waals surface area contributed by atoms with Crippen molar-refractivity contribution < 1.29 is 14.3 Å². The third kappa shape index (κ3) is 6.13. The van der Waals surface area contributed by atoms with Crippen molar-refractivity contribution >= 4 is 45.6 Å². The fraction of sp³-hybridized carbons (Fsp3) is 0.267. The van der Waals surface area contributed by atoms with Gasteiger partial charge in [-0.25, -0.2) is 9.97 Å². The number of ketones is 1. The summed E-state index contributed by atoms with van der Waals surface area (Å²) < 4.78 is 7.69. The summed E-state index contributed by atoms with van der Waals surface area (Å²) >= 11 is 0. The summed E-state index contributed by atoms with van der Waals surface area (Å²) in [6.45, 7) is 6.69. The summed E-state index contributed by atoms with van der Waals surface area (Å²) in [6.07, 6.45) is 4.85. The van der Waals surface area contributed by atoms with Gasteiger partial charge in [-0.05, 0) is 57.4 Å². The Bertz CT molecular complexity index is 1580. The lowest BCUT2D eigenvalue weighted by molar-refractivity contribution is -0.111. The summed E-state index contributed by atoms with van der Waals surface area (Å²) in [5.41, 5.74) is 5.00. The molecule has 208 valence electrons. The number of anilines is 4. The summed E-state index contributed by atoms with van der Waals surface area (Å²) in [5.74, 6) is 0.546. The number of carbonyl (C=O) groups is 2. The van der Waals surface area contributed by atoms with Gasteiger partial charge in [0.05, 0.1) is 29.9 Å². The van der Waals surface area contributed by atoms with Crippen LogP contribution in [0.5, 0.6) is 5.75 Å². The van der Waals surface area contributed by atoms with E-state index in [9.17, 15) is 9.59 Å². The smallest absolute Gasteiger partial charge is 0.247 e. The molecule has 0 bridgehead atoms. The molecule has 2 aromatic carbocycles. The van der Waals surface area contributed by atoms with Gasteiger partial charge in [-0.15, -0.1) is 0 Å². The van der Waals surface area contributed by atoms with Crippen LogP contribution >= 0.6 is 0 Å². The summed E-state index contributed by atoms with van der Waals surface area (Å²) in [4.78, 5) is 37.9. The van der Waals surface area contributed by atoms with Gasteiger partial charge in [-0.1, -0.05) is 6.58 Å². The normalized spacial score (nSPS) is 11.0. The zero-order valence-corrected chi connectivity index (χ0v) is 23.8. The van der Waals surface area contributed by atoms with Crippen molar-refractivity contribution in [2.75, 3.05) is 56.9 Å². The minimum Gasteiger partial charge on any atom is -0.494 e. The minimum atomic E-state index is -0.325. The third-order valence-corrected chi connectivity index (χ3v) is 6.64. The van der Waals surface area contributed by atoms with Crippen LogP contribution < -0.4 is 20.3 Å². The molecule has 2 aromatic heterocycles. The Labute approximate surface area is 234 Å². The average molecular weight is 542 g/mol. The molecule has 0 radical (unpaired) electrons. The topological polar surface area (TPSA) is 105 Å². The number of ether oxygens (including phenoxy) is 1. The number of hydrogen-bond donors (Lipinski definition) is 2. The second kappa shape index (κ2) is 12.0. The lowest BCUT2D eigenvalue weighted by atomic mass is 10.0. The molecule has 0 aliphatic heterocycles. The SMILES string of the molecule is C=CC(=O)Nc1cc(Nc2nccc(-c3cc(C(C)=O)cc4c3ccn4C)n2)c(OC)cc1N(C)CCN(C)C. The molecule has 10 heteroatoms. The van der Waals surface area contributed by atoms with Gasteiger partial charge in [0, 0.05) is 67.7 Å². The molecule has 2 heterocycles. The van der Waals surface area contributed by atoms with Crippen LogP contribution in [-0.2, 0) is 11.8 Å². The van der Waals surface area contributed by atoms with E-state index in [1.807, 2.05) is 69.3 Å². The third-order valence-electron chi connectivity index (χ3n) is 6.64. The number of methoxy groups -OCH3 is 1. The van der Waals surface area contributed by atoms with Crippen LogP contribution in [-0.4, -0.2) is 72.5 Å². The van der Waals surface area contributed by atoms with Gasteiger partial charge in [0.2, 0.25) is 11.9 Å². The zero-order chi connectivity index (χ0) is 29.0. The molecule has 0 aliphatic carbocycles. The van der Waals surface area contributed by atoms with Crippen LogP contribution in [0.15, 0.2) is 61.4 Å². The highest BCUT2D eigenvalue weighted by Gasteiger charge is 2.18. The number of amides is 1. The number of aromatic nitrogens is 3. The molecule has 0 saturated carbocycles. The highest BCUT2D eigenvalue weighted by atomic mass is 16.5. The molecule has 0 saturated heterocycles. The minimum absolute atomic E-state index is 0.0220. The van der Waals surface area contributed by atoms with Crippen molar-refractivity contribution in [3.05, 3.63) is 67.0 Å². The van der Waals surface area contributed by atoms with Crippen molar-refractivity contribution in [1.82, 2.24) is 19.4 Å². The largest absolute Gasteiger partial charge is 0.494 e. The predicted molar refractivity (Wildman–Crippen MR) is 161 cm³/mol. The van der Waals surface area contributed by atoms with Gasteiger partial charge in [0.15, 0.2) is 5.78 Å². The molecule has 4 rings (SSSR count). The van der Waals surface area contributed by atoms with Gasteiger partial charge in [0.25, 0.3) is 0 Å². The zero-order valence-electron chi connectivity index (χ0n) is 23.8. The molecule has 0 aliphatic rings. The maximum Gasteiger partial charge on any atom is 0.247 e. The number of rotatable bonds is 11. The van der Waals surface area contributed by atoms with Crippen molar-refractivity contribution in [2.24, 2.45) is 7.05 Å². The van der Waals surface area contributed by atoms with Crippen molar-refractivity contribution in [3.8, 4) is 17.0 Å². The summed E-state index contributed by atoms with van der Waals surface area (Å²) in [5, 5.41) is 7.13. The quantitative estimate of drug-likeness (QED) is 0.208. The number of benzene rings is 2. The van der Waals surface area contributed by atoms with Gasteiger partial charge >= 0.3 is 0 Å². The van der Waals surface area contributed by atoms with Gasteiger partial charge in [0.1, 0.15) is 5.75 Å². The molecular formula is C30H35N7O3. The number of nitrogens with zero attached hydrogens (tertiary/aromatic N) is 5. The van der Waals surface area contributed by atoms with Crippen LogP contribution in [0.4, 0.5) is 23.0 Å². The molecule has 40 heavy (non-hydrogen) atoms. The molecule has 0 spiro atoms. The number of carbonyl (C=O) groups excluding carboxylic acids is 2. The van der Waals surface area contributed by atoms with Crippen LogP contribution in [0.3, 0.4) is 0 Å². The van der Waals surface area contributed by atoms with Gasteiger partial charge < -0.3 is 29.7 Å². The van der Waals surface area contributed by atoms with E-state index in [1.54, 1.807) is 26.3 Å². The molecule has 0 unspecified atom stereocenters.